The monoisotopic (exact) mass is 250 g/mol. The third-order valence-electron chi connectivity index (χ3n) is 2.09. The second-order valence-corrected chi connectivity index (χ2v) is 5.70. The zero-order valence-electron chi connectivity index (χ0n) is 9.98. The second kappa shape index (κ2) is 4.00. The number of hydrogen-bond acceptors (Lipinski definition) is 5. The summed E-state index contributed by atoms with van der Waals surface area (Å²) in [5.41, 5.74) is 5.86. The number of ether oxygens (including phenoxy) is 1. The minimum atomic E-state index is -0.521. The highest BCUT2D eigenvalue weighted by Gasteiger charge is 2.23. The van der Waals surface area contributed by atoms with Crippen molar-refractivity contribution in [2.45, 2.75) is 26.4 Å². The largest absolute Gasteiger partial charge is 0.456 e. The van der Waals surface area contributed by atoms with Crippen molar-refractivity contribution in [2.24, 2.45) is 0 Å². The van der Waals surface area contributed by atoms with Gasteiger partial charge in [0, 0.05) is 11.6 Å². The molecule has 2 aromatic rings. The molecule has 0 atom stereocenters. The quantitative estimate of drug-likeness (QED) is 0.790. The summed E-state index contributed by atoms with van der Waals surface area (Å²) in [6.07, 6.45) is 1.68. The molecule has 0 radical (unpaired) electrons. The van der Waals surface area contributed by atoms with Crippen molar-refractivity contribution in [1.29, 1.82) is 0 Å². The van der Waals surface area contributed by atoms with Crippen LogP contribution in [-0.4, -0.2) is 16.6 Å². The van der Waals surface area contributed by atoms with E-state index in [2.05, 4.69) is 4.98 Å². The van der Waals surface area contributed by atoms with E-state index in [0.29, 0.717) is 10.6 Å². The van der Waals surface area contributed by atoms with Crippen LogP contribution < -0.4 is 5.73 Å². The van der Waals surface area contributed by atoms with E-state index in [0.717, 1.165) is 10.2 Å². The van der Waals surface area contributed by atoms with Gasteiger partial charge >= 0.3 is 5.97 Å². The highest BCUT2D eigenvalue weighted by Crippen LogP contribution is 2.33. The van der Waals surface area contributed by atoms with E-state index in [-0.39, 0.29) is 0 Å². The molecule has 2 heterocycles. The van der Waals surface area contributed by atoms with E-state index >= 15 is 0 Å². The van der Waals surface area contributed by atoms with Crippen LogP contribution in [0.2, 0.25) is 0 Å². The Hall–Kier alpha value is -1.62. The molecule has 17 heavy (non-hydrogen) atoms. The molecule has 0 fully saturated rings. The van der Waals surface area contributed by atoms with Gasteiger partial charge in [-0.25, -0.2) is 9.78 Å². The number of aromatic nitrogens is 1. The van der Waals surface area contributed by atoms with E-state index in [4.69, 9.17) is 10.5 Å². The summed E-state index contributed by atoms with van der Waals surface area (Å²) >= 11 is 1.26. The fourth-order valence-electron chi connectivity index (χ4n) is 1.43. The molecule has 90 valence electrons. The van der Waals surface area contributed by atoms with Gasteiger partial charge in [0.1, 0.15) is 15.3 Å². The Bertz CT molecular complexity index is 569. The molecule has 0 saturated carbocycles. The van der Waals surface area contributed by atoms with Gasteiger partial charge in [0.25, 0.3) is 0 Å². The molecular weight excluding hydrogens is 236 g/mol. The average Bonchev–Trinajstić information content (AvgIpc) is 2.55. The van der Waals surface area contributed by atoms with Crippen LogP contribution in [0, 0.1) is 0 Å². The summed E-state index contributed by atoms with van der Waals surface area (Å²) in [6.45, 7) is 5.48. The van der Waals surface area contributed by atoms with Gasteiger partial charge in [0.15, 0.2) is 0 Å². The van der Waals surface area contributed by atoms with Crippen molar-refractivity contribution in [3.8, 4) is 0 Å². The summed E-state index contributed by atoms with van der Waals surface area (Å²) in [6, 6.07) is 3.65. The SMILES string of the molecule is CC(C)(C)OC(=O)c1sc2ncccc2c1N. The van der Waals surface area contributed by atoms with Crippen molar-refractivity contribution in [1.82, 2.24) is 4.98 Å². The number of nitrogen functional groups attached to an aromatic ring is 1. The zero-order valence-corrected chi connectivity index (χ0v) is 10.8. The Morgan fingerprint density at radius 1 is 1.47 bits per heavy atom. The molecule has 0 spiro atoms. The van der Waals surface area contributed by atoms with E-state index in [1.165, 1.54) is 11.3 Å². The maximum atomic E-state index is 11.9. The number of esters is 1. The minimum absolute atomic E-state index is 0.391. The number of carbonyl (C=O) groups is 1. The van der Waals surface area contributed by atoms with Crippen LogP contribution in [0.1, 0.15) is 30.4 Å². The summed E-state index contributed by atoms with van der Waals surface area (Å²) in [4.78, 5) is 17.3. The first-order valence-corrected chi connectivity index (χ1v) is 6.06. The molecule has 0 aliphatic carbocycles. The van der Waals surface area contributed by atoms with Gasteiger partial charge in [-0.05, 0) is 32.9 Å². The van der Waals surface area contributed by atoms with Crippen LogP contribution in [0.15, 0.2) is 18.3 Å². The first-order valence-electron chi connectivity index (χ1n) is 5.25. The molecule has 2 N–H and O–H groups in total. The predicted molar refractivity (Wildman–Crippen MR) is 69.2 cm³/mol. The highest BCUT2D eigenvalue weighted by molar-refractivity contribution is 7.21. The van der Waals surface area contributed by atoms with Gasteiger partial charge < -0.3 is 10.5 Å². The summed E-state index contributed by atoms with van der Waals surface area (Å²) in [7, 11) is 0. The number of anilines is 1. The maximum Gasteiger partial charge on any atom is 0.351 e. The molecule has 2 rings (SSSR count). The number of nitrogens with zero attached hydrogens (tertiary/aromatic N) is 1. The third-order valence-corrected chi connectivity index (χ3v) is 3.20. The lowest BCUT2D eigenvalue weighted by Gasteiger charge is -2.18. The first kappa shape index (κ1) is 11.9. The molecule has 2 aromatic heterocycles. The Morgan fingerprint density at radius 3 is 2.76 bits per heavy atom. The first-order chi connectivity index (χ1) is 7.88. The maximum absolute atomic E-state index is 11.9. The van der Waals surface area contributed by atoms with Crippen molar-refractivity contribution in [3.05, 3.63) is 23.2 Å². The summed E-state index contributed by atoms with van der Waals surface area (Å²) < 4.78 is 5.30. The van der Waals surface area contributed by atoms with Gasteiger partial charge in [-0.2, -0.15) is 0 Å². The van der Waals surface area contributed by atoms with Gasteiger partial charge in [0.2, 0.25) is 0 Å². The number of pyridine rings is 1. The zero-order chi connectivity index (χ0) is 12.6. The van der Waals surface area contributed by atoms with Gasteiger partial charge in [-0.15, -0.1) is 11.3 Å². The van der Waals surface area contributed by atoms with Gasteiger partial charge in [-0.3, -0.25) is 0 Å². The fourth-order valence-corrected chi connectivity index (χ4v) is 2.37. The Labute approximate surface area is 103 Å². The fraction of sp³-hybridized carbons (Fsp3) is 0.333. The molecule has 4 nitrogen and oxygen atoms in total. The molecule has 0 unspecified atom stereocenters. The summed E-state index contributed by atoms with van der Waals surface area (Å²) in [5, 5.41) is 0.804. The predicted octanol–water partition coefficient (Wildman–Crippen LogP) is 2.83. The molecule has 0 aliphatic heterocycles. The molecule has 0 bridgehead atoms. The molecule has 0 aromatic carbocycles. The number of thiophene rings is 1. The number of carbonyl (C=O) groups excluding carboxylic acids is 1. The normalized spacial score (nSPS) is 11.7. The van der Waals surface area contributed by atoms with Crippen LogP contribution in [0.25, 0.3) is 10.2 Å². The van der Waals surface area contributed by atoms with Crippen molar-refractivity contribution < 1.29 is 9.53 Å². The second-order valence-electron chi connectivity index (χ2n) is 4.70. The standard InChI is InChI=1S/C12H14N2O2S/c1-12(2,3)16-11(15)9-8(13)7-5-4-6-14-10(7)17-9/h4-6H,13H2,1-3H3. The average molecular weight is 250 g/mol. The number of rotatable bonds is 1. The third kappa shape index (κ3) is 2.39. The molecule has 0 saturated heterocycles. The number of nitrogens with two attached hydrogens (primary N) is 1. The van der Waals surface area contributed by atoms with Gasteiger partial charge in [0.05, 0.1) is 5.69 Å². The van der Waals surface area contributed by atoms with E-state index in [1.54, 1.807) is 12.3 Å². The van der Waals surface area contributed by atoms with Crippen LogP contribution >= 0.6 is 11.3 Å². The molecule has 5 heteroatoms. The lowest BCUT2D eigenvalue weighted by molar-refractivity contribution is 0.00765. The Kier molecular flexibility index (Phi) is 2.79. The van der Waals surface area contributed by atoms with E-state index in [9.17, 15) is 4.79 Å². The smallest absolute Gasteiger partial charge is 0.351 e. The van der Waals surface area contributed by atoms with Gasteiger partial charge in [-0.1, -0.05) is 0 Å². The van der Waals surface area contributed by atoms with E-state index < -0.39 is 11.6 Å². The number of hydrogen-bond donors (Lipinski definition) is 1. The molecule has 0 aliphatic rings. The molecule has 0 amide bonds. The lowest BCUT2D eigenvalue weighted by atomic mass is 10.2. The summed E-state index contributed by atoms with van der Waals surface area (Å²) in [5.74, 6) is -0.391. The topological polar surface area (TPSA) is 65.2 Å². The highest BCUT2D eigenvalue weighted by atomic mass is 32.1. The van der Waals surface area contributed by atoms with Crippen molar-refractivity contribution >= 4 is 33.2 Å². The van der Waals surface area contributed by atoms with E-state index in [1.807, 2.05) is 26.8 Å². The minimum Gasteiger partial charge on any atom is -0.456 e. The van der Waals surface area contributed by atoms with Crippen LogP contribution in [0.4, 0.5) is 5.69 Å². The van der Waals surface area contributed by atoms with Crippen LogP contribution in [-0.2, 0) is 4.74 Å². The Balaban J connectivity index is 2.43. The van der Waals surface area contributed by atoms with Crippen LogP contribution in [0.3, 0.4) is 0 Å². The van der Waals surface area contributed by atoms with Crippen molar-refractivity contribution in [3.63, 3.8) is 0 Å². The van der Waals surface area contributed by atoms with Crippen LogP contribution in [0.5, 0.6) is 0 Å². The Morgan fingerprint density at radius 2 is 2.18 bits per heavy atom. The number of fused-ring (bicyclic) bond motifs is 1. The molecular formula is C12H14N2O2S. The van der Waals surface area contributed by atoms with Crippen molar-refractivity contribution in [2.75, 3.05) is 5.73 Å². The lowest BCUT2D eigenvalue weighted by Crippen LogP contribution is -2.23.